The fourth-order valence-corrected chi connectivity index (χ4v) is 4.89. The van der Waals surface area contributed by atoms with Crippen LogP contribution in [0.2, 0.25) is 0 Å². The number of likely N-dealkylation sites (N-methyl/N-ethyl adjacent to an activating group) is 1. The van der Waals surface area contributed by atoms with Gasteiger partial charge in [-0.15, -0.1) is 24.0 Å². The SMILES string of the molecule is CCN1CCCCC1CNC(=NC)NC1CCS(=O)(=O)C1.I. The highest BCUT2D eigenvalue weighted by Crippen LogP contribution is 2.16. The van der Waals surface area contributed by atoms with Crippen LogP contribution in [0.4, 0.5) is 0 Å². The van der Waals surface area contributed by atoms with Crippen LogP contribution in [0.1, 0.15) is 32.6 Å². The lowest BCUT2D eigenvalue weighted by Crippen LogP contribution is -2.50. The molecule has 130 valence electrons. The second kappa shape index (κ2) is 9.27. The van der Waals surface area contributed by atoms with Crippen molar-refractivity contribution in [1.82, 2.24) is 15.5 Å². The van der Waals surface area contributed by atoms with Crippen LogP contribution < -0.4 is 10.6 Å². The van der Waals surface area contributed by atoms with E-state index in [1.165, 1.54) is 25.8 Å². The van der Waals surface area contributed by atoms with Crippen molar-refractivity contribution in [3.8, 4) is 0 Å². The molecule has 0 saturated carbocycles. The molecule has 8 heteroatoms. The zero-order valence-corrected chi connectivity index (χ0v) is 16.7. The first-order valence-electron chi connectivity index (χ1n) is 7.95. The molecule has 2 fully saturated rings. The number of halogens is 1. The first kappa shape index (κ1) is 20.0. The van der Waals surface area contributed by atoms with Gasteiger partial charge in [0.2, 0.25) is 0 Å². The number of guanidine groups is 1. The molecule has 2 N–H and O–H groups in total. The van der Waals surface area contributed by atoms with Crippen LogP contribution in [0.5, 0.6) is 0 Å². The van der Waals surface area contributed by atoms with E-state index in [1.807, 2.05) is 0 Å². The lowest BCUT2D eigenvalue weighted by molar-refractivity contribution is 0.157. The van der Waals surface area contributed by atoms with E-state index in [1.54, 1.807) is 7.05 Å². The Morgan fingerprint density at radius 2 is 2.09 bits per heavy atom. The molecule has 2 rings (SSSR count). The maximum atomic E-state index is 11.5. The Morgan fingerprint density at radius 3 is 2.68 bits per heavy atom. The number of sulfone groups is 1. The summed E-state index contributed by atoms with van der Waals surface area (Å²) >= 11 is 0. The number of hydrogen-bond donors (Lipinski definition) is 2. The second-order valence-corrected chi connectivity index (χ2v) is 8.20. The minimum Gasteiger partial charge on any atom is -0.355 e. The molecule has 0 aromatic heterocycles. The van der Waals surface area contributed by atoms with Gasteiger partial charge in [0.05, 0.1) is 11.5 Å². The van der Waals surface area contributed by atoms with Gasteiger partial charge in [0, 0.05) is 25.7 Å². The molecule has 6 nitrogen and oxygen atoms in total. The Balaban J connectivity index is 0.00000242. The molecule has 2 atom stereocenters. The van der Waals surface area contributed by atoms with Crippen LogP contribution in [0.15, 0.2) is 4.99 Å². The highest BCUT2D eigenvalue weighted by molar-refractivity contribution is 14.0. The monoisotopic (exact) mass is 444 g/mol. The van der Waals surface area contributed by atoms with Gasteiger partial charge >= 0.3 is 0 Å². The Kier molecular flexibility index (Phi) is 8.40. The molecular formula is C14H29IN4O2S. The van der Waals surface area contributed by atoms with Gasteiger partial charge in [-0.3, -0.25) is 9.89 Å². The van der Waals surface area contributed by atoms with Gasteiger partial charge in [-0.2, -0.15) is 0 Å². The number of nitrogens with one attached hydrogen (secondary N) is 2. The molecule has 22 heavy (non-hydrogen) atoms. The fourth-order valence-electron chi connectivity index (χ4n) is 3.22. The summed E-state index contributed by atoms with van der Waals surface area (Å²) in [5, 5.41) is 6.59. The highest BCUT2D eigenvalue weighted by atomic mass is 127. The maximum absolute atomic E-state index is 11.5. The summed E-state index contributed by atoms with van der Waals surface area (Å²) < 4.78 is 23.0. The molecule has 0 bridgehead atoms. The third kappa shape index (κ3) is 5.84. The van der Waals surface area contributed by atoms with Crippen LogP contribution in [0, 0.1) is 0 Å². The predicted molar refractivity (Wildman–Crippen MR) is 102 cm³/mol. The van der Waals surface area contributed by atoms with Crippen LogP contribution in [-0.2, 0) is 9.84 Å². The number of hydrogen-bond acceptors (Lipinski definition) is 4. The van der Waals surface area contributed by atoms with Crippen molar-refractivity contribution in [2.75, 3.05) is 38.2 Å². The van der Waals surface area contributed by atoms with Crippen molar-refractivity contribution >= 4 is 39.8 Å². The van der Waals surface area contributed by atoms with Crippen LogP contribution in [0.3, 0.4) is 0 Å². The van der Waals surface area contributed by atoms with Crippen LogP contribution in [0.25, 0.3) is 0 Å². The van der Waals surface area contributed by atoms with E-state index in [9.17, 15) is 8.42 Å². The van der Waals surface area contributed by atoms with E-state index >= 15 is 0 Å². The zero-order chi connectivity index (χ0) is 15.3. The van der Waals surface area contributed by atoms with Crippen LogP contribution >= 0.6 is 24.0 Å². The highest BCUT2D eigenvalue weighted by Gasteiger charge is 2.28. The summed E-state index contributed by atoms with van der Waals surface area (Å²) in [5.41, 5.74) is 0. The van der Waals surface area contributed by atoms with Crippen molar-refractivity contribution in [2.24, 2.45) is 4.99 Å². The van der Waals surface area contributed by atoms with E-state index in [-0.39, 0.29) is 41.5 Å². The predicted octanol–water partition coefficient (Wildman–Crippen LogP) is 0.831. The number of rotatable bonds is 4. The number of nitrogens with zero attached hydrogens (tertiary/aromatic N) is 2. The molecule has 0 aromatic carbocycles. The number of aliphatic imine (C=N–C) groups is 1. The Morgan fingerprint density at radius 1 is 1.32 bits per heavy atom. The van der Waals surface area contributed by atoms with Gasteiger partial charge in [-0.05, 0) is 32.4 Å². The summed E-state index contributed by atoms with van der Waals surface area (Å²) in [4.78, 5) is 6.72. The van der Waals surface area contributed by atoms with Crippen molar-refractivity contribution in [3.05, 3.63) is 0 Å². The molecule has 2 saturated heterocycles. The quantitative estimate of drug-likeness (QED) is 0.382. The molecular weight excluding hydrogens is 415 g/mol. The minimum atomic E-state index is -2.85. The van der Waals surface area contributed by atoms with E-state index in [0.717, 1.165) is 19.0 Å². The number of piperidine rings is 1. The molecule has 2 unspecified atom stereocenters. The molecule has 2 aliphatic rings. The Labute approximate surface area is 151 Å². The van der Waals surface area contributed by atoms with Gasteiger partial charge in [0.15, 0.2) is 15.8 Å². The molecule has 0 amide bonds. The fraction of sp³-hybridized carbons (Fsp3) is 0.929. The average molecular weight is 444 g/mol. The van der Waals surface area contributed by atoms with Gasteiger partial charge in [0.1, 0.15) is 0 Å². The van der Waals surface area contributed by atoms with Gasteiger partial charge in [0.25, 0.3) is 0 Å². The average Bonchev–Trinajstić information content (AvgIpc) is 2.82. The van der Waals surface area contributed by atoms with Gasteiger partial charge in [-0.1, -0.05) is 13.3 Å². The smallest absolute Gasteiger partial charge is 0.191 e. The molecule has 2 aliphatic heterocycles. The summed E-state index contributed by atoms with van der Waals surface area (Å²) in [6.07, 6.45) is 4.47. The summed E-state index contributed by atoms with van der Waals surface area (Å²) in [6, 6.07) is 0.546. The first-order valence-corrected chi connectivity index (χ1v) is 9.78. The normalized spacial score (nSPS) is 28.9. The largest absolute Gasteiger partial charge is 0.355 e. The van der Waals surface area contributed by atoms with E-state index < -0.39 is 9.84 Å². The lowest BCUT2D eigenvalue weighted by atomic mass is 10.0. The molecule has 0 aromatic rings. The van der Waals surface area contributed by atoms with Gasteiger partial charge in [-0.25, -0.2) is 8.42 Å². The van der Waals surface area contributed by atoms with Crippen molar-refractivity contribution < 1.29 is 8.42 Å². The summed E-state index contributed by atoms with van der Waals surface area (Å²) in [6.45, 7) is 5.33. The third-order valence-corrected chi connectivity index (χ3v) is 6.23. The first-order chi connectivity index (χ1) is 10.0. The van der Waals surface area contributed by atoms with E-state index in [2.05, 4.69) is 27.4 Å². The number of likely N-dealkylation sites (tertiary alicyclic amines) is 1. The third-order valence-electron chi connectivity index (χ3n) is 4.46. The van der Waals surface area contributed by atoms with E-state index in [0.29, 0.717) is 12.5 Å². The summed E-state index contributed by atoms with van der Waals surface area (Å²) in [5.74, 6) is 1.23. The molecule has 0 radical (unpaired) electrons. The van der Waals surface area contributed by atoms with Crippen molar-refractivity contribution in [2.45, 2.75) is 44.7 Å². The zero-order valence-electron chi connectivity index (χ0n) is 13.5. The topological polar surface area (TPSA) is 73.8 Å². The lowest BCUT2D eigenvalue weighted by Gasteiger charge is -2.35. The van der Waals surface area contributed by atoms with Crippen molar-refractivity contribution in [3.63, 3.8) is 0 Å². The van der Waals surface area contributed by atoms with E-state index in [4.69, 9.17) is 0 Å². The van der Waals surface area contributed by atoms with Gasteiger partial charge < -0.3 is 10.6 Å². The Bertz CT molecular complexity index is 469. The standard InChI is InChI=1S/C14H28N4O2S.HI/c1-3-18-8-5-4-6-13(18)10-16-14(15-2)17-12-7-9-21(19,20)11-12;/h12-13H,3-11H2,1-2H3,(H2,15,16,17);1H. The molecule has 0 aliphatic carbocycles. The molecule has 2 heterocycles. The molecule has 0 spiro atoms. The minimum absolute atomic E-state index is 0. The summed E-state index contributed by atoms with van der Waals surface area (Å²) in [7, 11) is -1.12. The maximum Gasteiger partial charge on any atom is 0.191 e. The van der Waals surface area contributed by atoms with Crippen molar-refractivity contribution in [1.29, 1.82) is 0 Å². The Hall–Kier alpha value is -0.0900. The van der Waals surface area contributed by atoms with Crippen LogP contribution in [-0.4, -0.2) is 69.5 Å². The second-order valence-electron chi connectivity index (χ2n) is 5.98.